The van der Waals surface area contributed by atoms with Crippen LogP contribution in [0.5, 0.6) is 0 Å². The van der Waals surface area contributed by atoms with Gasteiger partial charge in [-0.05, 0) is 32.6 Å². The molecule has 0 N–H and O–H groups in total. The average Bonchev–Trinajstić information content (AvgIpc) is 2.69. The molecular formula is C10H14ClN3S. The number of aryl methyl sites for hydroxylation is 1. The Balaban J connectivity index is 1.88. The summed E-state index contributed by atoms with van der Waals surface area (Å²) in [6.45, 7) is 1.95. The molecule has 15 heavy (non-hydrogen) atoms. The fraction of sp³-hybridized carbons (Fsp3) is 0.800. The number of halogens is 1. The van der Waals surface area contributed by atoms with Crippen LogP contribution in [0, 0.1) is 6.92 Å². The normalized spacial score (nSPS) is 34.8. The number of rotatable bonds is 1. The molecule has 0 radical (unpaired) electrons. The molecule has 0 aliphatic carbocycles. The fourth-order valence-electron chi connectivity index (χ4n) is 2.81. The lowest BCUT2D eigenvalue weighted by molar-refractivity contribution is 0.473. The van der Waals surface area contributed by atoms with Gasteiger partial charge in [0.1, 0.15) is 5.82 Å². The molecular weight excluding hydrogens is 230 g/mol. The van der Waals surface area contributed by atoms with E-state index in [4.69, 9.17) is 11.6 Å². The van der Waals surface area contributed by atoms with Crippen molar-refractivity contribution in [2.45, 2.75) is 50.1 Å². The van der Waals surface area contributed by atoms with Gasteiger partial charge < -0.3 is 4.90 Å². The number of nitrogens with zero attached hydrogens (tertiary/aromatic N) is 3. The van der Waals surface area contributed by atoms with Crippen LogP contribution in [-0.2, 0) is 0 Å². The summed E-state index contributed by atoms with van der Waals surface area (Å²) >= 11 is 7.77. The number of hydrogen-bond acceptors (Lipinski definition) is 4. The third-order valence-electron chi connectivity index (χ3n) is 3.41. The molecule has 3 heterocycles. The smallest absolute Gasteiger partial charge is 0.205 e. The van der Waals surface area contributed by atoms with Gasteiger partial charge in [-0.2, -0.15) is 4.37 Å². The van der Waals surface area contributed by atoms with Gasteiger partial charge in [0.15, 0.2) is 0 Å². The second kappa shape index (κ2) is 3.59. The molecule has 82 valence electrons. The second-order valence-corrected chi connectivity index (χ2v) is 5.83. The van der Waals surface area contributed by atoms with E-state index in [1.165, 1.54) is 24.4 Å². The zero-order chi connectivity index (χ0) is 10.4. The molecule has 0 spiro atoms. The van der Waals surface area contributed by atoms with E-state index in [1.807, 2.05) is 6.92 Å². The first-order valence-corrected chi connectivity index (χ1v) is 6.68. The van der Waals surface area contributed by atoms with E-state index in [0.717, 1.165) is 23.8 Å². The summed E-state index contributed by atoms with van der Waals surface area (Å²) < 4.78 is 4.26. The van der Waals surface area contributed by atoms with Crippen molar-refractivity contribution in [3.63, 3.8) is 0 Å². The molecule has 1 aromatic rings. The van der Waals surface area contributed by atoms with Gasteiger partial charge in [-0.3, -0.25) is 0 Å². The molecule has 3 rings (SSSR count). The summed E-state index contributed by atoms with van der Waals surface area (Å²) in [6.07, 6.45) is 4.76. The molecule has 1 aromatic heterocycles. The molecule has 5 heteroatoms. The van der Waals surface area contributed by atoms with E-state index >= 15 is 0 Å². The van der Waals surface area contributed by atoms with Crippen molar-refractivity contribution in [2.24, 2.45) is 0 Å². The number of fused-ring (bicyclic) bond motifs is 2. The van der Waals surface area contributed by atoms with Crippen molar-refractivity contribution in [2.75, 3.05) is 4.90 Å². The molecule has 2 unspecified atom stereocenters. The van der Waals surface area contributed by atoms with Gasteiger partial charge in [-0.15, -0.1) is 11.6 Å². The highest BCUT2D eigenvalue weighted by molar-refractivity contribution is 7.09. The minimum Gasteiger partial charge on any atom is -0.341 e. The highest BCUT2D eigenvalue weighted by Gasteiger charge is 2.41. The second-order valence-electron chi connectivity index (χ2n) is 4.49. The van der Waals surface area contributed by atoms with E-state index in [0.29, 0.717) is 17.5 Å². The molecule has 0 saturated carbocycles. The maximum atomic E-state index is 6.25. The highest BCUT2D eigenvalue weighted by Crippen LogP contribution is 2.41. The maximum Gasteiger partial charge on any atom is 0.205 e. The Hall–Kier alpha value is -0.350. The Labute approximate surface area is 98.6 Å². The fourth-order valence-corrected chi connectivity index (χ4v) is 4.05. The van der Waals surface area contributed by atoms with Crippen molar-refractivity contribution in [3.8, 4) is 0 Å². The van der Waals surface area contributed by atoms with Gasteiger partial charge in [-0.1, -0.05) is 0 Å². The van der Waals surface area contributed by atoms with Gasteiger partial charge in [0, 0.05) is 29.0 Å². The van der Waals surface area contributed by atoms with Crippen LogP contribution in [0.25, 0.3) is 0 Å². The maximum absolute atomic E-state index is 6.25. The van der Waals surface area contributed by atoms with Gasteiger partial charge in [0.25, 0.3) is 0 Å². The number of hydrogen-bond donors (Lipinski definition) is 0. The Bertz CT molecular complexity index is 353. The molecule has 2 fully saturated rings. The van der Waals surface area contributed by atoms with Crippen molar-refractivity contribution < 1.29 is 0 Å². The van der Waals surface area contributed by atoms with E-state index in [1.54, 1.807) is 0 Å². The van der Waals surface area contributed by atoms with Crippen LogP contribution >= 0.6 is 23.1 Å². The van der Waals surface area contributed by atoms with E-state index < -0.39 is 0 Å². The SMILES string of the molecule is Cc1nsc(N2C3CCC2CC(Cl)C3)n1. The molecule has 2 atom stereocenters. The summed E-state index contributed by atoms with van der Waals surface area (Å²) in [4.78, 5) is 6.95. The number of piperidine rings is 1. The molecule has 0 amide bonds. The van der Waals surface area contributed by atoms with Crippen LogP contribution in [0.3, 0.4) is 0 Å². The molecule has 0 aromatic carbocycles. The monoisotopic (exact) mass is 243 g/mol. The first kappa shape index (κ1) is 9.85. The summed E-state index contributed by atoms with van der Waals surface area (Å²) in [6, 6.07) is 1.22. The van der Waals surface area contributed by atoms with Crippen molar-refractivity contribution >= 4 is 28.3 Å². The topological polar surface area (TPSA) is 29.0 Å². The number of aromatic nitrogens is 2. The largest absolute Gasteiger partial charge is 0.341 e. The molecule has 2 aliphatic rings. The van der Waals surface area contributed by atoms with Gasteiger partial charge in [0.05, 0.1) is 0 Å². The van der Waals surface area contributed by atoms with E-state index in [9.17, 15) is 0 Å². The van der Waals surface area contributed by atoms with Crippen LogP contribution < -0.4 is 4.90 Å². The van der Waals surface area contributed by atoms with Crippen molar-refractivity contribution in [1.29, 1.82) is 0 Å². The quantitative estimate of drug-likeness (QED) is 0.710. The van der Waals surface area contributed by atoms with Gasteiger partial charge >= 0.3 is 0 Å². The lowest BCUT2D eigenvalue weighted by Gasteiger charge is -2.36. The van der Waals surface area contributed by atoms with Crippen LogP contribution in [-0.4, -0.2) is 26.8 Å². The number of anilines is 1. The highest BCUT2D eigenvalue weighted by atomic mass is 35.5. The summed E-state index contributed by atoms with van der Waals surface area (Å²) in [5, 5.41) is 1.47. The predicted molar refractivity (Wildman–Crippen MR) is 62.8 cm³/mol. The summed E-state index contributed by atoms with van der Waals surface area (Å²) in [5.74, 6) is 0.891. The van der Waals surface area contributed by atoms with E-state index in [-0.39, 0.29) is 0 Å². The Morgan fingerprint density at radius 3 is 2.53 bits per heavy atom. The standard InChI is InChI=1S/C10H14ClN3S/c1-6-12-10(15-13-6)14-8-2-3-9(14)5-7(11)4-8/h7-9H,2-5H2,1H3. The Morgan fingerprint density at radius 2 is 2.00 bits per heavy atom. The zero-order valence-electron chi connectivity index (χ0n) is 8.69. The van der Waals surface area contributed by atoms with Crippen molar-refractivity contribution in [3.05, 3.63) is 5.82 Å². The lowest BCUT2D eigenvalue weighted by atomic mass is 10.0. The molecule has 2 aliphatic heterocycles. The third kappa shape index (κ3) is 1.64. The Morgan fingerprint density at radius 1 is 1.33 bits per heavy atom. The van der Waals surface area contributed by atoms with Gasteiger partial charge in [0.2, 0.25) is 5.13 Å². The number of alkyl halides is 1. The van der Waals surface area contributed by atoms with Crippen LogP contribution in [0.4, 0.5) is 5.13 Å². The summed E-state index contributed by atoms with van der Waals surface area (Å²) in [5.41, 5.74) is 0. The van der Waals surface area contributed by atoms with Crippen LogP contribution in [0.15, 0.2) is 0 Å². The van der Waals surface area contributed by atoms with E-state index in [2.05, 4.69) is 14.3 Å². The zero-order valence-corrected chi connectivity index (χ0v) is 10.3. The van der Waals surface area contributed by atoms with Crippen LogP contribution in [0.2, 0.25) is 0 Å². The van der Waals surface area contributed by atoms with Crippen molar-refractivity contribution in [1.82, 2.24) is 9.36 Å². The first-order valence-electron chi connectivity index (χ1n) is 5.47. The summed E-state index contributed by atoms with van der Waals surface area (Å²) in [7, 11) is 0. The van der Waals surface area contributed by atoms with Crippen LogP contribution in [0.1, 0.15) is 31.5 Å². The molecule has 2 bridgehead atoms. The Kier molecular flexibility index (Phi) is 2.36. The molecule has 3 nitrogen and oxygen atoms in total. The van der Waals surface area contributed by atoms with Gasteiger partial charge in [-0.25, -0.2) is 4.98 Å². The average molecular weight is 244 g/mol. The third-order valence-corrected chi connectivity index (χ3v) is 4.59. The first-order chi connectivity index (χ1) is 7.24. The minimum absolute atomic E-state index is 0.368. The molecule has 2 saturated heterocycles. The minimum atomic E-state index is 0.368. The lowest BCUT2D eigenvalue weighted by Crippen LogP contribution is -2.43. The predicted octanol–water partition coefficient (Wildman–Crippen LogP) is 2.59.